The molecular formula is C15H19BrN2OS. The van der Waals surface area contributed by atoms with Crippen molar-refractivity contribution in [1.29, 1.82) is 0 Å². The van der Waals surface area contributed by atoms with Crippen LogP contribution in [0.3, 0.4) is 0 Å². The van der Waals surface area contributed by atoms with E-state index in [0.717, 1.165) is 34.7 Å². The number of hydrogen-bond donors (Lipinski definition) is 1. The normalized spacial score (nSPS) is 10.9. The summed E-state index contributed by atoms with van der Waals surface area (Å²) >= 11 is 5.36. The van der Waals surface area contributed by atoms with Gasteiger partial charge in [0.2, 0.25) is 0 Å². The van der Waals surface area contributed by atoms with Crippen molar-refractivity contribution in [3.8, 4) is 0 Å². The first-order chi connectivity index (χ1) is 9.74. The van der Waals surface area contributed by atoms with E-state index in [-0.39, 0.29) is 0 Å². The molecule has 0 fully saturated rings. The van der Waals surface area contributed by atoms with Crippen molar-refractivity contribution in [3.63, 3.8) is 0 Å². The van der Waals surface area contributed by atoms with Crippen LogP contribution in [0.4, 0.5) is 0 Å². The van der Waals surface area contributed by atoms with E-state index in [0.29, 0.717) is 6.61 Å². The fourth-order valence-electron chi connectivity index (χ4n) is 1.94. The van der Waals surface area contributed by atoms with Gasteiger partial charge < -0.3 is 10.1 Å². The van der Waals surface area contributed by atoms with Crippen molar-refractivity contribution in [2.75, 3.05) is 13.7 Å². The molecule has 0 aliphatic carbocycles. The zero-order valence-corrected chi connectivity index (χ0v) is 14.2. The minimum atomic E-state index is 0.577. The van der Waals surface area contributed by atoms with Gasteiger partial charge >= 0.3 is 0 Å². The average Bonchev–Trinajstić information content (AvgIpc) is 2.81. The Labute approximate surface area is 132 Å². The zero-order valence-electron chi connectivity index (χ0n) is 11.8. The van der Waals surface area contributed by atoms with Gasteiger partial charge in [0.1, 0.15) is 0 Å². The molecule has 20 heavy (non-hydrogen) atoms. The number of nitrogens with one attached hydrogen (secondary N) is 1. The van der Waals surface area contributed by atoms with Gasteiger partial charge in [0.25, 0.3) is 0 Å². The quantitative estimate of drug-likeness (QED) is 0.821. The monoisotopic (exact) mass is 354 g/mol. The number of thiazole rings is 1. The summed E-state index contributed by atoms with van der Waals surface area (Å²) in [5.74, 6) is 0. The van der Waals surface area contributed by atoms with Gasteiger partial charge in [0, 0.05) is 29.4 Å². The van der Waals surface area contributed by atoms with E-state index in [1.165, 1.54) is 10.4 Å². The lowest BCUT2D eigenvalue weighted by atomic mass is 10.2. The van der Waals surface area contributed by atoms with Gasteiger partial charge in [-0.15, -0.1) is 11.3 Å². The Balaban J connectivity index is 2.17. The molecule has 1 N–H and O–H groups in total. The highest BCUT2D eigenvalue weighted by Crippen LogP contribution is 2.25. The molecule has 0 atom stereocenters. The van der Waals surface area contributed by atoms with Gasteiger partial charge in [-0.05, 0) is 18.2 Å². The van der Waals surface area contributed by atoms with Crippen LogP contribution in [-0.2, 0) is 24.3 Å². The molecule has 0 bridgehead atoms. The Morgan fingerprint density at radius 3 is 2.85 bits per heavy atom. The largest absolute Gasteiger partial charge is 0.378 e. The molecule has 108 valence electrons. The van der Waals surface area contributed by atoms with Gasteiger partial charge in [-0.25, -0.2) is 4.98 Å². The minimum absolute atomic E-state index is 0.577. The smallest absolute Gasteiger partial charge is 0.0976 e. The first kappa shape index (κ1) is 15.6. The second-order valence-corrected chi connectivity index (χ2v) is 6.48. The maximum atomic E-state index is 5.24. The SMILES string of the molecule is CCNCc1sc(Cc2ccccc2Br)nc1COC. The van der Waals surface area contributed by atoms with Crippen LogP contribution < -0.4 is 5.32 Å². The second kappa shape index (κ2) is 7.88. The second-order valence-electron chi connectivity index (χ2n) is 4.46. The van der Waals surface area contributed by atoms with Gasteiger partial charge in [-0.1, -0.05) is 41.1 Å². The summed E-state index contributed by atoms with van der Waals surface area (Å²) in [6, 6.07) is 8.29. The summed E-state index contributed by atoms with van der Waals surface area (Å²) in [7, 11) is 1.71. The number of rotatable bonds is 7. The number of aromatic nitrogens is 1. The summed E-state index contributed by atoms with van der Waals surface area (Å²) < 4.78 is 6.38. The third-order valence-corrected chi connectivity index (χ3v) is 4.81. The molecule has 0 saturated carbocycles. The zero-order chi connectivity index (χ0) is 14.4. The Kier molecular flexibility index (Phi) is 6.16. The number of benzene rings is 1. The van der Waals surface area contributed by atoms with Gasteiger partial charge in [0.15, 0.2) is 0 Å². The standard InChI is InChI=1S/C15H19BrN2OS/c1-3-17-9-14-13(10-19-2)18-15(20-14)8-11-6-4-5-7-12(11)16/h4-7,17H,3,8-10H2,1-2H3. The molecule has 3 nitrogen and oxygen atoms in total. The van der Waals surface area contributed by atoms with Crippen molar-refractivity contribution in [3.05, 3.63) is 49.9 Å². The van der Waals surface area contributed by atoms with Crippen LogP contribution in [-0.4, -0.2) is 18.6 Å². The van der Waals surface area contributed by atoms with E-state index >= 15 is 0 Å². The van der Waals surface area contributed by atoms with Crippen LogP contribution in [0.15, 0.2) is 28.7 Å². The molecule has 2 rings (SSSR count). The number of nitrogens with zero attached hydrogens (tertiary/aromatic N) is 1. The van der Waals surface area contributed by atoms with Crippen molar-refractivity contribution in [2.45, 2.75) is 26.5 Å². The number of methoxy groups -OCH3 is 1. The first-order valence-electron chi connectivity index (χ1n) is 6.65. The summed E-state index contributed by atoms with van der Waals surface area (Å²) in [6.45, 7) is 4.51. The van der Waals surface area contributed by atoms with Crippen molar-refractivity contribution >= 4 is 27.3 Å². The molecule has 0 radical (unpaired) electrons. The number of halogens is 1. The number of hydrogen-bond acceptors (Lipinski definition) is 4. The molecule has 0 amide bonds. The molecule has 5 heteroatoms. The molecule has 1 aromatic heterocycles. The third kappa shape index (κ3) is 4.12. The maximum absolute atomic E-state index is 5.24. The van der Waals surface area contributed by atoms with E-state index in [9.17, 15) is 0 Å². The summed E-state index contributed by atoms with van der Waals surface area (Å²) in [6.07, 6.45) is 0.856. The van der Waals surface area contributed by atoms with Crippen LogP contribution in [0.5, 0.6) is 0 Å². The predicted octanol–water partition coefficient (Wildman–Crippen LogP) is 3.75. The van der Waals surface area contributed by atoms with Crippen LogP contribution in [0.2, 0.25) is 0 Å². The lowest BCUT2D eigenvalue weighted by Gasteiger charge is -2.01. The summed E-state index contributed by atoms with van der Waals surface area (Å²) in [5, 5.41) is 4.49. The van der Waals surface area contributed by atoms with Crippen molar-refractivity contribution < 1.29 is 4.74 Å². The third-order valence-electron chi connectivity index (χ3n) is 2.94. The summed E-state index contributed by atoms with van der Waals surface area (Å²) in [4.78, 5) is 6.00. The Bertz CT molecular complexity index is 557. The van der Waals surface area contributed by atoms with Crippen LogP contribution in [0, 0.1) is 0 Å². The van der Waals surface area contributed by atoms with E-state index in [1.807, 2.05) is 6.07 Å². The lowest BCUT2D eigenvalue weighted by molar-refractivity contribution is 0.181. The molecule has 1 aromatic carbocycles. The fraction of sp³-hybridized carbons (Fsp3) is 0.400. The molecule has 0 aliphatic rings. The minimum Gasteiger partial charge on any atom is -0.378 e. The van der Waals surface area contributed by atoms with Crippen LogP contribution >= 0.6 is 27.3 Å². The van der Waals surface area contributed by atoms with Gasteiger partial charge in [-0.2, -0.15) is 0 Å². The molecule has 0 spiro atoms. The van der Waals surface area contributed by atoms with E-state index in [4.69, 9.17) is 9.72 Å². The maximum Gasteiger partial charge on any atom is 0.0976 e. The van der Waals surface area contributed by atoms with Gasteiger partial charge in [0.05, 0.1) is 17.3 Å². The molecule has 0 saturated heterocycles. The Morgan fingerprint density at radius 1 is 1.35 bits per heavy atom. The van der Waals surface area contributed by atoms with E-state index in [1.54, 1.807) is 18.4 Å². The summed E-state index contributed by atoms with van der Waals surface area (Å²) in [5.41, 5.74) is 2.32. The number of ether oxygens (including phenoxy) is 1. The van der Waals surface area contributed by atoms with Crippen LogP contribution in [0.25, 0.3) is 0 Å². The van der Waals surface area contributed by atoms with Crippen LogP contribution in [0.1, 0.15) is 28.1 Å². The van der Waals surface area contributed by atoms with Gasteiger partial charge in [-0.3, -0.25) is 0 Å². The van der Waals surface area contributed by atoms with E-state index in [2.05, 4.69) is 46.4 Å². The average molecular weight is 355 g/mol. The molecule has 2 aromatic rings. The highest BCUT2D eigenvalue weighted by Gasteiger charge is 2.12. The Hall–Kier alpha value is -0.750. The first-order valence-corrected chi connectivity index (χ1v) is 8.26. The molecule has 1 heterocycles. The highest BCUT2D eigenvalue weighted by atomic mass is 79.9. The highest BCUT2D eigenvalue weighted by molar-refractivity contribution is 9.10. The topological polar surface area (TPSA) is 34.2 Å². The molecule has 0 unspecified atom stereocenters. The lowest BCUT2D eigenvalue weighted by Crippen LogP contribution is -2.12. The van der Waals surface area contributed by atoms with Crippen molar-refractivity contribution in [1.82, 2.24) is 10.3 Å². The van der Waals surface area contributed by atoms with E-state index < -0.39 is 0 Å². The molecular weight excluding hydrogens is 336 g/mol. The predicted molar refractivity (Wildman–Crippen MR) is 87.2 cm³/mol. The fourth-order valence-corrected chi connectivity index (χ4v) is 3.43. The van der Waals surface area contributed by atoms with Crippen molar-refractivity contribution in [2.24, 2.45) is 0 Å². The molecule has 0 aliphatic heterocycles. The Morgan fingerprint density at radius 2 is 2.15 bits per heavy atom.